The molecular formula is C13H11BrFN3. The largest absolute Gasteiger partial charge is 0.383 e. The molecule has 3 nitrogen and oxygen atoms in total. The van der Waals surface area contributed by atoms with Gasteiger partial charge in [0.1, 0.15) is 11.9 Å². The molecule has 1 heterocycles. The number of anilines is 1. The zero-order valence-corrected chi connectivity index (χ0v) is 11.4. The lowest BCUT2D eigenvalue weighted by atomic mass is 10.1. The van der Waals surface area contributed by atoms with Gasteiger partial charge in [0.15, 0.2) is 0 Å². The van der Waals surface area contributed by atoms with Crippen LogP contribution >= 0.6 is 15.9 Å². The molecule has 1 N–H and O–H groups in total. The van der Waals surface area contributed by atoms with Gasteiger partial charge in [-0.05, 0) is 34.5 Å². The van der Waals surface area contributed by atoms with Gasteiger partial charge in [-0.25, -0.2) is 4.39 Å². The van der Waals surface area contributed by atoms with E-state index < -0.39 is 0 Å². The van der Waals surface area contributed by atoms with E-state index in [4.69, 9.17) is 5.26 Å². The van der Waals surface area contributed by atoms with Crippen LogP contribution in [-0.4, -0.2) is 11.5 Å². The molecule has 0 aliphatic rings. The second-order valence-electron chi connectivity index (χ2n) is 3.84. The maximum Gasteiger partial charge on any atom is 0.134 e. The summed E-state index contributed by atoms with van der Waals surface area (Å²) in [4.78, 5) is 4.13. The van der Waals surface area contributed by atoms with E-state index in [0.717, 1.165) is 6.42 Å². The van der Waals surface area contributed by atoms with E-state index in [1.807, 2.05) is 13.0 Å². The fraction of sp³-hybridized carbons (Fsp3) is 0.231. The van der Waals surface area contributed by atoms with Crippen LogP contribution in [0.4, 0.5) is 10.1 Å². The second-order valence-corrected chi connectivity index (χ2v) is 4.69. The number of hydrogen-bond acceptors (Lipinski definition) is 3. The van der Waals surface area contributed by atoms with E-state index in [9.17, 15) is 4.39 Å². The van der Waals surface area contributed by atoms with Crippen molar-refractivity contribution in [3.8, 4) is 6.07 Å². The molecule has 0 radical (unpaired) electrons. The number of nitrogens with one attached hydrogen (secondary N) is 1. The lowest BCUT2D eigenvalue weighted by Gasteiger charge is -2.11. The van der Waals surface area contributed by atoms with Gasteiger partial charge in [-0.15, -0.1) is 0 Å². The van der Waals surface area contributed by atoms with E-state index in [1.54, 1.807) is 6.07 Å². The molecule has 0 aliphatic heterocycles. The number of rotatable bonds is 3. The highest BCUT2D eigenvalue weighted by molar-refractivity contribution is 9.10. The number of aromatic nitrogens is 1. The summed E-state index contributed by atoms with van der Waals surface area (Å²) in [5.41, 5.74) is 1.39. The van der Waals surface area contributed by atoms with Gasteiger partial charge < -0.3 is 5.32 Å². The average molecular weight is 308 g/mol. The normalized spacial score (nSPS) is 10.3. The van der Waals surface area contributed by atoms with Crippen LogP contribution in [0.15, 0.2) is 22.8 Å². The highest BCUT2D eigenvalue weighted by Crippen LogP contribution is 2.32. The van der Waals surface area contributed by atoms with Crippen LogP contribution in [0, 0.1) is 17.1 Å². The summed E-state index contributed by atoms with van der Waals surface area (Å²) < 4.78 is 14.7. The van der Waals surface area contributed by atoms with Crippen molar-refractivity contribution in [3.05, 3.63) is 34.2 Å². The Kier molecular flexibility index (Phi) is 3.78. The molecule has 92 valence electrons. The maximum atomic E-state index is 14.0. The van der Waals surface area contributed by atoms with Gasteiger partial charge in [-0.3, -0.25) is 4.98 Å². The van der Waals surface area contributed by atoms with Crippen molar-refractivity contribution in [2.75, 3.05) is 11.9 Å². The van der Waals surface area contributed by atoms with E-state index in [0.29, 0.717) is 33.2 Å². The lowest BCUT2D eigenvalue weighted by molar-refractivity contribution is 0.639. The Bertz CT molecular complexity index is 634. The standard InChI is InChI=1S/C13H11BrFN3/c1-2-5-17-12-8(6-16)7-18-13-9(14)3-4-10(15)11(12)13/h3-4,7H,2,5H2,1H3,(H,17,18). The molecule has 5 heteroatoms. The summed E-state index contributed by atoms with van der Waals surface area (Å²) >= 11 is 3.34. The molecule has 2 aromatic rings. The molecule has 18 heavy (non-hydrogen) atoms. The van der Waals surface area contributed by atoms with Crippen molar-refractivity contribution < 1.29 is 4.39 Å². The number of fused-ring (bicyclic) bond motifs is 1. The number of hydrogen-bond donors (Lipinski definition) is 1. The van der Waals surface area contributed by atoms with E-state index in [2.05, 4.69) is 26.2 Å². The number of nitriles is 1. The summed E-state index contributed by atoms with van der Waals surface area (Å²) in [6.45, 7) is 2.69. The van der Waals surface area contributed by atoms with Gasteiger partial charge in [-0.1, -0.05) is 6.92 Å². The van der Waals surface area contributed by atoms with Crippen molar-refractivity contribution >= 4 is 32.5 Å². The third-order valence-electron chi connectivity index (χ3n) is 2.59. The van der Waals surface area contributed by atoms with Crippen molar-refractivity contribution in [2.45, 2.75) is 13.3 Å². The van der Waals surface area contributed by atoms with Crippen LogP contribution in [0.1, 0.15) is 18.9 Å². The topological polar surface area (TPSA) is 48.7 Å². The van der Waals surface area contributed by atoms with E-state index >= 15 is 0 Å². The van der Waals surface area contributed by atoms with Crippen molar-refractivity contribution in [1.82, 2.24) is 4.98 Å². The molecule has 0 atom stereocenters. The zero-order valence-electron chi connectivity index (χ0n) is 9.80. The maximum absolute atomic E-state index is 14.0. The molecule has 0 amide bonds. The molecule has 2 rings (SSSR count). The molecule has 0 saturated carbocycles. The van der Waals surface area contributed by atoms with Gasteiger partial charge in [0, 0.05) is 17.2 Å². The number of nitrogens with zero attached hydrogens (tertiary/aromatic N) is 2. The molecule has 0 unspecified atom stereocenters. The van der Waals surface area contributed by atoms with Crippen LogP contribution in [0.5, 0.6) is 0 Å². The lowest BCUT2D eigenvalue weighted by Crippen LogP contribution is -2.04. The van der Waals surface area contributed by atoms with Gasteiger partial charge in [0.05, 0.1) is 22.2 Å². The highest BCUT2D eigenvalue weighted by Gasteiger charge is 2.14. The molecule has 0 fully saturated rings. The third kappa shape index (κ3) is 2.16. The Morgan fingerprint density at radius 3 is 2.94 bits per heavy atom. The van der Waals surface area contributed by atoms with Crippen molar-refractivity contribution in [3.63, 3.8) is 0 Å². The Hall–Kier alpha value is -1.67. The van der Waals surface area contributed by atoms with Crippen molar-refractivity contribution in [2.24, 2.45) is 0 Å². The summed E-state index contributed by atoms with van der Waals surface area (Å²) in [5.74, 6) is -0.378. The minimum atomic E-state index is -0.378. The number of benzene rings is 1. The molecule has 0 saturated heterocycles. The van der Waals surface area contributed by atoms with E-state index in [-0.39, 0.29) is 5.82 Å². The number of halogens is 2. The predicted molar refractivity (Wildman–Crippen MR) is 72.9 cm³/mol. The molecule has 0 spiro atoms. The summed E-state index contributed by atoms with van der Waals surface area (Å²) in [7, 11) is 0. The van der Waals surface area contributed by atoms with Crippen LogP contribution in [0.3, 0.4) is 0 Å². The summed E-state index contributed by atoms with van der Waals surface area (Å²) in [6.07, 6.45) is 2.36. The average Bonchev–Trinajstić information content (AvgIpc) is 2.39. The van der Waals surface area contributed by atoms with Gasteiger partial charge in [0.2, 0.25) is 0 Å². The molecule has 1 aromatic carbocycles. The van der Waals surface area contributed by atoms with Crippen LogP contribution in [-0.2, 0) is 0 Å². The van der Waals surface area contributed by atoms with Gasteiger partial charge >= 0.3 is 0 Å². The molecule has 0 aliphatic carbocycles. The molecular weight excluding hydrogens is 297 g/mol. The molecule has 0 bridgehead atoms. The first-order chi connectivity index (χ1) is 8.69. The van der Waals surface area contributed by atoms with Crippen LogP contribution in [0.2, 0.25) is 0 Å². The second kappa shape index (κ2) is 5.32. The monoisotopic (exact) mass is 307 g/mol. The summed E-state index contributed by atoms with van der Waals surface area (Å²) in [5, 5.41) is 12.5. The Labute approximate surface area is 113 Å². The third-order valence-corrected chi connectivity index (χ3v) is 3.23. The van der Waals surface area contributed by atoms with E-state index in [1.165, 1.54) is 12.3 Å². The predicted octanol–water partition coefficient (Wildman–Crippen LogP) is 3.83. The minimum absolute atomic E-state index is 0.355. The first kappa shape index (κ1) is 12.8. The SMILES string of the molecule is CCCNc1c(C#N)cnc2c(Br)ccc(F)c12. The smallest absolute Gasteiger partial charge is 0.134 e. The number of pyridine rings is 1. The van der Waals surface area contributed by atoms with Gasteiger partial charge in [-0.2, -0.15) is 5.26 Å². The fourth-order valence-electron chi connectivity index (χ4n) is 1.75. The molecule has 1 aromatic heterocycles. The first-order valence-corrected chi connectivity index (χ1v) is 6.39. The van der Waals surface area contributed by atoms with Crippen LogP contribution in [0.25, 0.3) is 10.9 Å². The van der Waals surface area contributed by atoms with Gasteiger partial charge in [0.25, 0.3) is 0 Å². The highest BCUT2D eigenvalue weighted by atomic mass is 79.9. The van der Waals surface area contributed by atoms with Crippen molar-refractivity contribution in [1.29, 1.82) is 5.26 Å². The first-order valence-electron chi connectivity index (χ1n) is 5.59. The Morgan fingerprint density at radius 2 is 2.28 bits per heavy atom. The fourth-order valence-corrected chi connectivity index (χ4v) is 2.18. The zero-order chi connectivity index (χ0) is 13.1. The quantitative estimate of drug-likeness (QED) is 0.937. The van der Waals surface area contributed by atoms with Crippen LogP contribution < -0.4 is 5.32 Å². The Balaban J connectivity index is 2.76. The summed E-state index contributed by atoms with van der Waals surface area (Å²) in [6, 6.07) is 5.02. The Morgan fingerprint density at radius 1 is 1.50 bits per heavy atom. The minimum Gasteiger partial charge on any atom is -0.383 e.